The smallest absolute Gasteiger partial charge is 0.338 e. The van der Waals surface area contributed by atoms with Crippen LogP contribution in [-0.4, -0.2) is 38.4 Å². The maximum absolute atomic E-state index is 11.7. The topological polar surface area (TPSA) is 45.5 Å². The standard InChI is InChI=1S/C17H23BN2O2/c18-8-3-9-20-10-6-13(7-11-20)19-15-12-17(21)22-16-5-2-1-4-14(15)16/h1-2,4-5,12-13,19H,3,6-11,18H2. The molecule has 0 spiro atoms. The fourth-order valence-corrected chi connectivity index (χ4v) is 3.13. The maximum Gasteiger partial charge on any atom is 0.338 e. The third kappa shape index (κ3) is 3.53. The number of benzene rings is 1. The number of nitrogens with one attached hydrogen (secondary N) is 1. The molecule has 1 aliphatic rings. The van der Waals surface area contributed by atoms with Gasteiger partial charge in [-0.3, -0.25) is 0 Å². The largest absolute Gasteiger partial charge is 0.423 e. The van der Waals surface area contributed by atoms with E-state index in [4.69, 9.17) is 4.42 Å². The van der Waals surface area contributed by atoms with Gasteiger partial charge in [0.25, 0.3) is 0 Å². The van der Waals surface area contributed by atoms with E-state index in [1.54, 1.807) is 6.07 Å². The van der Waals surface area contributed by atoms with Crippen molar-refractivity contribution in [3.8, 4) is 0 Å². The van der Waals surface area contributed by atoms with Crippen LogP contribution in [0.2, 0.25) is 6.32 Å². The van der Waals surface area contributed by atoms with Gasteiger partial charge in [0.15, 0.2) is 0 Å². The summed E-state index contributed by atoms with van der Waals surface area (Å²) in [6.07, 6.45) is 4.78. The van der Waals surface area contributed by atoms with Crippen molar-refractivity contribution in [3.63, 3.8) is 0 Å². The SMILES string of the molecule is BCCCN1CCC(Nc2cc(=O)oc3ccccc23)CC1. The minimum absolute atomic E-state index is 0.290. The van der Waals surface area contributed by atoms with E-state index in [1.807, 2.05) is 24.3 Å². The summed E-state index contributed by atoms with van der Waals surface area (Å²) < 4.78 is 5.25. The van der Waals surface area contributed by atoms with Crippen molar-refractivity contribution in [2.24, 2.45) is 0 Å². The van der Waals surface area contributed by atoms with Crippen LogP contribution in [0.3, 0.4) is 0 Å². The third-order valence-electron chi connectivity index (χ3n) is 4.43. The van der Waals surface area contributed by atoms with Crippen LogP contribution in [0.15, 0.2) is 39.5 Å². The van der Waals surface area contributed by atoms with Crippen molar-refractivity contribution in [1.29, 1.82) is 0 Å². The number of nitrogens with zero attached hydrogens (tertiary/aromatic N) is 1. The van der Waals surface area contributed by atoms with Crippen LogP contribution in [0, 0.1) is 0 Å². The molecule has 0 amide bonds. The van der Waals surface area contributed by atoms with Crippen molar-refractivity contribution in [2.45, 2.75) is 31.6 Å². The highest BCUT2D eigenvalue weighted by Crippen LogP contribution is 2.24. The number of anilines is 1. The van der Waals surface area contributed by atoms with Crippen molar-refractivity contribution < 1.29 is 4.42 Å². The summed E-state index contributed by atoms with van der Waals surface area (Å²) in [5, 5.41) is 4.54. The van der Waals surface area contributed by atoms with E-state index in [9.17, 15) is 4.79 Å². The molecule has 116 valence electrons. The Balaban J connectivity index is 1.68. The van der Waals surface area contributed by atoms with Gasteiger partial charge in [0.05, 0.1) is 5.69 Å². The highest BCUT2D eigenvalue weighted by molar-refractivity contribution is 6.08. The first kappa shape index (κ1) is 15.2. The normalized spacial score (nSPS) is 16.9. The lowest BCUT2D eigenvalue weighted by Gasteiger charge is -2.32. The molecule has 1 saturated heterocycles. The molecule has 22 heavy (non-hydrogen) atoms. The number of para-hydroxylation sites is 1. The molecule has 3 rings (SSSR count). The zero-order valence-electron chi connectivity index (χ0n) is 13.2. The highest BCUT2D eigenvalue weighted by atomic mass is 16.4. The number of hydrogen-bond donors (Lipinski definition) is 1. The Bertz CT molecular complexity index is 678. The zero-order chi connectivity index (χ0) is 15.4. The Morgan fingerprint density at radius 3 is 2.82 bits per heavy atom. The summed E-state index contributed by atoms with van der Waals surface area (Å²) in [7, 11) is 2.24. The first-order valence-electron chi connectivity index (χ1n) is 8.28. The van der Waals surface area contributed by atoms with E-state index in [2.05, 4.69) is 18.1 Å². The van der Waals surface area contributed by atoms with Crippen LogP contribution >= 0.6 is 0 Å². The summed E-state index contributed by atoms with van der Waals surface area (Å²) in [6.45, 7) is 3.48. The molecular formula is C17H23BN2O2. The van der Waals surface area contributed by atoms with Crippen LogP contribution in [0.25, 0.3) is 11.0 Å². The fraction of sp³-hybridized carbons (Fsp3) is 0.471. The average molecular weight is 298 g/mol. The fourth-order valence-electron chi connectivity index (χ4n) is 3.13. The zero-order valence-corrected chi connectivity index (χ0v) is 13.2. The molecule has 1 aromatic carbocycles. The summed E-state index contributed by atoms with van der Waals surface area (Å²) in [6, 6.07) is 9.71. The summed E-state index contributed by atoms with van der Waals surface area (Å²) in [4.78, 5) is 14.2. The molecule has 2 aromatic rings. The minimum Gasteiger partial charge on any atom is -0.423 e. The second kappa shape index (κ2) is 7.01. The van der Waals surface area contributed by atoms with Gasteiger partial charge >= 0.3 is 5.63 Å². The third-order valence-corrected chi connectivity index (χ3v) is 4.43. The van der Waals surface area contributed by atoms with Crippen LogP contribution in [-0.2, 0) is 0 Å². The minimum atomic E-state index is -0.290. The summed E-state index contributed by atoms with van der Waals surface area (Å²) >= 11 is 0. The molecule has 0 atom stereocenters. The van der Waals surface area contributed by atoms with Gasteiger partial charge in [-0.2, -0.15) is 0 Å². The molecular weight excluding hydrogens is 275 g/mol. The van der Waals surface area contributed by atoms with Gasteiger partial charge in [0.2, 0.25) is 0 Å². The molecule has 0 radical (unpaired) electrons. The predicted octanol–water partition coefficient (Wildman–Crippen LogP) is 2.11. The number of rotatable bonds is 5. The van der Waals surface area contributed by atoms with Crippen LogP contribution in [0.1, 0.15) is 19.3 Å². The van der Waals surface area contributed by atoms with Gasteiger partial charge in [0.1, 0.15) is 13.4 Å². The first-order valence-corrected chi connectivity index (χ1v) is 8.28. The van der Waals surface area contributed by atoms with Crippen LogP contribution < -0.4 is 10.9 Å². The van der Waals surface area contributed by atoms with Crippen molar-refractivity contribution in [2.75, 3.05) is 25.0 Å². The number of fused-ring (bicyclic) bond motifs is 1. The number of piperidine rings is 1. The maximum atomic E-state index is 11.7. The molecule has 0 aliphatic carbocycles. The first-order chi connectivity index (χ1) is 10.8. The molecule has 1 aliphatic heterocycles. The van der Waals surface area contributed by atoms with Gasteiger partial charge in [-0.25, -0.2) is 4.79 Å². The molecule has 1 N–H and O–H groups in total. The Kier molecular flexibility index (Phi) is 4.83. The van der Waals surface area contributed by atoms with Gasteiger partial charge in [0, 0.05) is 30.6 Å². The molecule has 1 fully saturated rings. The van der Waals surface area contributed by atoms with Crippen molar-refractivity contribution in [3.05, 3.63) is 40.8 Å². The monoisotopic (exact) mass is 298 g/mol. The Morgan fingerprint density at radius 1 is 1.27 bits per heavy atom. The lowest BCUT2D eigenvalue weighted by molar-refractivity contribution is 0.219. The quantitative estimate of drug-likeness (QED) is 0.678. The van der Waals surface area contributed by atoms with Crippen molar-refractivity contribution in [1.82, 2.24) is 4.90 Å². The van der Waals surface area contributed by atoms with E-state index in [-0.39, 0.29) is 5.63 Å². The van der Waals surface area contributed by atoms with Gasteiger partial charge in [-0.1, -0.05) is 18.5 Å². The van der Waals surface area contributed by atoms with E-state index < -0.39 is 0 Å². The molecule has 1 aromatic heterocycles. The molecule has 0 saturated carbocycles. The van der Waals surface area contributed by atoms with Crippen LogP contribution in [0.4, 0.5) is 5.69 Å². The summed E-state index contributed by atoms with van der Waals surface area (Å²) in [5.74, 6) is 0. The Labute approximate surface area is 131 Å². The molecule has 2 heterocycles. The number of likely N-dealkylation sites (tertiary alicyclic amines) is 1. The lowest BCUT2D eigenvalue weighted by Crippen LogP contribution is -2.39. The highest BCUT2D eigenvalue weighted by Gasteiger charge is 2.19. The second-order valence-corrected chi connectivity index (χ2v) is 6.09. The molecule has 0 bridgehead atoms. The number of hydrogen-bond acceptors (Lipinski definition) is 4. The van der Waals surface area contributed by atoms with Gasteiger partial charge < -0.3 is 14.6 Å². The molecule has 5 heteroatoms. The van der Waals surface area contributed by atoms with E-state index in [0.29, 0.717) is 11.6 Å². The molecule has 0 unspecified atom stereocenters. The van der Waals surface area contributed by atoms with E-state index >= 15 is 0 Å². The second-order valence-electron chi connectivity index (χ2n) is 6.09. The Hall–Kier alpha value is -1.75. The van der Waals surface area contributed by atoms with E-state index in [0.717, 1.165) is 37.0 Å². The van der Waals surface area contributed by atoms with Gasteiger partial charge in [-0.05, 0) is 37.9 Å². The lowest BCUT2D eigenvalue weighted by atomic mass is 10.00. The van der Waals surface area contributed by atoms with Crippen molar-refractivity contribution >= 4 is 24.5 Å². The molecule has 4 nitrogen and oxygen atoms in total. The van der Waals surface area contributed by atoms with E-state index in [1.165, 1.54) is 19.3 Å². The summed E-state index contributed by atoms with van der Waals surface area (Å²) in [5.41, 5.74) is 1.26. The average Bonchev–Trinajstić information content (AvgIpc) is 2.54. The van der Waals surface area contributed by atoms with Gasteiger partial charge in [-0.15, -0.1) is 0 Å². The predicted molar refractivity (Wildman–Crippen MR) is 93.5 cm³/mol. The Morgan fingerprint density at radius 2 is 2.05 bits per heavy atom. The van der Waals surface area contributed by atoms with Crippen LogP contribution in [0.5, 0.6) is 0 Å².